The molecule has 0 aliphatic heterocycles. The van der Waals surface area contributed by atoms with Gasteiger partial charge in [0.1, 0.15) is 0 Å². The third kappa shape index (κ3) is 2.06. The summed E-state index contributed by atoms with van der Waals surface area (Å²) in [4.78, 5) is 0. The Balaban J connectivity index is 2.65. The molecule has 0 unspecified atom stereocenters. The summed E-state index contributed by atoms with van der Waals surface area (Å²) < 4.78 is 21.1. The number of benzene rings is 1. The topological polar surface area (TPSA) is 32.3 Å². The summed E-state index contributed by atoms with van der Waals surface area (Å²) in [5.41, 5.74) is 0.710. The van der Waals surface area contributed by atoms with Gasteiger partial charge < -0.3 is 10.4 Å². The molecular weight excluding hydrogens is 150 g/mol. The van der Waals surface area contributed by atoms with Crippen molar-refractivity contribution in [2.75, 3.05) is 6.98 Å². The molecule has 0 amide bonds. The van der Waals surface area contributed by atoms with Crippen LogP contribution >= 0.6 is 0 Å². The summed E-state index contributed by atoms with van der Waals surface area (Å²) in [6, 6.07) is 8.48. The molecule has 0 saturated carbocycles. The van der Waals surface area contributed by atoms with E-state index < -0.39 is 19.1 Å². The predicted molar refractivity (Wildman–Crippen MR) is 49.9 cm³/mol. The van der Waals surface area contributed by atoms with E-state index in [1.807, 2.05) is 6.07 Å². The standard InChI is InChI=1S/C10H15NO/c1-8(11-2)10(12)9-6-4-3-5-7-9/h3-8,10-12H,1-2H3/t8-,10+/m1/s1/i2D3. The van der Waals surface area contributed by atoms with E-state index in [9.17, 15) is 5.11 Å². The SMILES string of the molecule is [2H]C([2H])([2H])N[C@H](C)[C@H](O)c1ccccc1. The van der Waals surface area contributed by atoms with Crippen molar-refractivity contribution in [1.29, 1.82) is 0 Å². The van der Waals surface area contributed by atoms with Crippen LogP contribution in [-0.4, -0.2) is 18.1 Å². The van der Waals surface area contributed by atoms with Gasteiger partial charge in [0, 0.05) is 10.2 Å². The predicted octanol–water partition coefficient (Wildman–Crippen LogP) is 1.33. The summed E-state index contributed by atoms with van der Waals surface area (Å²) in [6.45, 7) is -0.584. The Hall–Kier alpha value is -0.860. The largest absolute Gasteiger partial charge is 0.387 e. The molecular formula is C10H15NO. The third-order valence-electron chi connectivity index (χ3n) is 1.84. The highest BCUT2D eigenvalue weighted by atomic mass is 16.3. The van der Waals surface area contributed by atoms with E-state index >= 15 is 0 Å². The number of rotatable bonds is 3. The van der Waals surface area contributed by atoms with Crippen LogP contribution in [0.15, 0.2) is 30.3 Å². The van der Waals surface area contributed by atoms with Crippen molar-refractivity contribution in [2.24, 2.45) is 0 Å². The Morgan fingerprint density at radius 3 is 2.67 bits per heavy atom. The number of hydrogen-bond acceptors (Lipinski definition) is 2. The lowest BCUT2D eigenvalue weighted by Gasteiger charge is -2.17. The second-order valence-electron chi connectivity index (χ2n) is 2.79. The average Bonchev–Trinajstić information content (AvgIpc) is 2.15. The highest BCUT2D eigenvalue weighted by molar-refractivity contribution is 5.18. The van der Waals surface area contributed by atoms with Crippen LogP contribution < -0.4 is 5.32 Å². The van der Waals surface area contributed by atoms with Crippen molar-refractivity contribution in [3.63, 3.8) is 0 Å². The lowest BCUT2D eigenvalue weighted by molar-refractivity contribution is 0.140. The van der Waals surface area contributed by atoms with Crippen molar-refractivity contribution in [3.05, 3.63) is 35.9 Å². The van der Waals surface area contributed by atoms with Crippen molar-refractivity contribution in [3.8, 4) is 0 Å². The monoisotopic (exact) mass is 168 g/mol. The molecule has 1 aromatic carbocycles. The van der Waals surface area contributed by atoms with Crippen LogP contribution in [-0.2, 0) is 0 Å². The zero-order valence-electron chi connectivity index (χ0n) is 9.99. The lowest BCUT2D eigenvalue weighted by atomic mass is 10.0. The minimum atomic E-state index is -2.23. The molecule has 0 aliphatic carbocycles. The molecule has 1 rings (SSSR count). The van der Waals surface area contributed by atoms with Crippen LogP contribution in [0, 0.1) is 0 Å². The molecule has 0 aliphatic rings. The highest BCUT2D eigenvalue weighted by Gasteiger charge is 2.12. The molecule has 0 fully saturated rings. The zero-order chi connectivity index (χ0) is 11.5. The zero-order valence-corrected chi connectivity index (χ0v) is 6.99. The van der Waals surface area contributed by atoms with Crippen molar-refractivity contribution < 1.29 is 9.22 Å². The Morgan fingerprint density at radius 1 is 1.42 bits per heavy atom. The first-order chi connectivity index (χ1) is 6.90. The summed E-state index contributed by atoms with van der Waals surface area (Å²) in [7, 11) is 0. The quantitative estimate of drug-likeness (QED) is 0.713. The van der Waals surface area contributed by atoms with Crippen LogP contribution in [0.25, 0.3) is 0 Å². The lowest BCUT2D eigenvalue weighted by Crippen LogP contribution is -2.28. The Bertz CT molecular complexity index is 299. The number of nitrogens with one attached hydrogen (secondary N) is 1. The molecule has 12 heavy (non-hydrogen) atoms. The second kappa shape index (κ2) is 4.24. The van der Waals surface area contributed by atoms with Crippen molar-refractivity contribution >= 4 is 0 Å². The maximum Gasteiger partial charge on any atom is 0.0940 e. The summed E-state index contributed by atoms with van der Waals surface area (Å²) >= 11 is 0. The number of hydrogen-bond donors (Lipinski definition) is 2. The third-order valence-corrected chi connectivity index (χ3v) is 1.84. The summed E-state index contributed by atoms with van der Waals surface area (Å²) in [5.74, 6) is 0. The van der Waals surface area contributed by atoms with E-state index in [-0.39, 0.29) is 0 Å². The van der Waals surface area contributed by atoms with Gasteiger partial charge in [-0.2, -0.15) is 0 Å². The molecule has 0 bridgehead atoms. The van der Waals surface area contributed by atoms with Gasteiger partial charge in [0.15, 0.2) is 0 Å². The van der Waals surface area contributed by atoms with Gasteiger partial charge in [-0.05, 0) is 19.5 Å². The van der Waals surface area contributed by atoms with Gasteiger partial charge in [0.05, 0.1) is 6.10 Å². The van der Waals surface area contributed by atoms with Crippen molar-refractivity contribution in [2.45, 2.75) is 19.1 Å². The molecule has 0 saturated heterocycles. The molecule has 2 atom stereocenters. The molecule has 0 spiro atoms. The van der Waals surface area contributed by atoms with E-state index in [4.69, 9.17) is 4.11 Å². The van der Waals surface area contributed by atoms with E-state index in [1.165, 1.54) is 0 Å². The second-order valence-corrected chi connectivity index (χ2v) is 2.79. The summed E-state index contributed by atoms with van der Waals surface area (Å²) in [6.07, 6.45) is -0.813. The van der Waals surface area contributed by atoms with E-state index in [1.54, 1.807) is 31.2 Å². The number of aliphatic hydroxyl groups is 1. The van der Waals surface area contributed by atoms with Gasteiger partial charge in [-0.3, -0.25) is 0 Å². The first-order valence-electron chi connectivity index (χ1n) is 5.41. The molecule has 2 heteroatoms. The highest BCUT2D eigenvalue weighted by Crippen LogP contribution is 2.15. The van der Waals surface area contributed by atoms with E-state index in [0.29, 0.717) is 5.56 Å². The van der Waals surface area contributed by atoms with Gasteiger partial charge in [0.2, 0.25) is 0 Å². The molecule has 1 aromatic rings. The Morgan fingerprint density at radius 2 is 2.08 bits per heavy atom. The number of likely N-dealkylation sites (N-methyl/N-ethyl adjacent to an activating group) is 1. The fourth-order valence-electron chi connectivity index (χ4n) is 1.02. The molecule has 0 heterocycles. The average molecular weight is 168 g/mol. The van der Waals surface area contributed by atoms with Crippen LogP contribution in [0.1, 0.15) is 22.7 Å². The smallest absolute Gasteiger partial charge is 0.0940 e. The molecule has 0 aromatic heterocycles. The minimum absolute atomic E-state index is 0.514. The van der Waals surface area contributed by atoms with E-state index in [0.717, 1.165) is 0 Å². The van der Waals surface area contributed by atoms with Crippen LogP contribution in [0.4, 0.5) is 0 Å². The normalized spacial score (nSPS) is 20.3. The molecule has 2 nitrogen and oxygen atoms in total. The Labute approximate surface area is 77.5 Å². The molecule has 0 radical (unpaired) electrons. The first-order valence-corrected chi connectivity index (χ1v) is 3.91. The van der Waals surface area contributed by atoms with Crippen LogP contribution in [0.5, 0.6) is 0 Å². The van der Waals surface area contributed by atoms with Gasteiger partial charge in [-0.1, -0.05) is 30.3 Å². The fourth-order valence-corrected chi connectivity index (χ4v) is 1.02. The molecule has 2 N–H and O–H groups in total. The van der Waals surface area contributed by atoms with E-state index in [2.05, 4.69) is 5.32 Å². The first kappa shape index (κ1) is 5.73. The molecule has 66 valence electrons. The van der Waals surface area contributed by atoms with Gasteiger partial charge in [0.25, 0.3) is 0 Å². The van der Waals surface area contributed by atoms with Crippen LogP contribution in [0.2, 0.25) is 0 Å². The maximum absolute atomic E-state index is 9.84. The number of aliphatic hydroxyl groups excluding tert-OH is 1. The van der Waals surface area contributed by atoms with Crippen molar-refractivity contribution in [1.82, 2.24) is 5.32 Å². The fraction of sp³-hybridized carbons (Fsp3) is 0.400. The maximum atomic E-state index is 9.84. The minimum Gasteiger partial charge on any atom is -0.387 e. The van der Waals surface area contributed by atoms with Gasteiger partial charge in [-0.15, -0.1) is 0 Å². The Kier molecular flexibility index (Phi) is 2.02. The van der Waals surface area contributed by atoms with Gasteiger partial charge in [-0.25, -0.2) is 0 Å². The van der Waals surface area contributed by atoms with Gasteiger partial charge >= 0.3 is 0 Å². The van der Waals surface area contributed by atoms with Crippen LogP contribution in [0.3, 0.4) is 0 Å². The summed E-state index contributed by atoms with van der Waals surface area (Å²) in [5, 5.41) is 12.2.